The number of benzene rings is 1. The van der Waals surface area contributed by atoms with Crippen LogP contribution in [0, 0.1) is 30.6 Å². The van der Waals surface area contributed by atoms with Crippen molar-refractivity contribution < 1.29 is 24.2 Å². The minimum Gasteiger partial charge on any atom is -0.512 e. The molecule has 1 saturated carbocycles. The molecular weight excluding hydrogens is 392 g/mol. The average molecular weight is 427 g/mol. The van der Waals surface area contributed by atoms with E-state index < -0.39 is 17.3 Å². The second-order valence-corrected chi connectivity index (χ2v) is 10.8. The smallest absolute Gasteiger partial charge is 0.163 e. The molecule has 1 unspecified atom stereocenters. The van der Waals surface area contributed by atoms with E-state index in [-0.39, 0.29) is 53.4 Å². The zero-order chi connectivity index (χ0) is 23.3. The van der Waals surface area contributed by atoms with E-state index in [1.807, 2.05) is 47.6 Å². The minimum atomic E-state index is -0.957. The summed E-state index contributed by atoms with van der Waals surface area (Å²) in [6, 6.07) is 3.64. The fraction of sp³-hybridized carbons (Fsp3) is 0.577. The van der Waals surface area contributed by atoms with Gasteiger partial charge in [0.25, 0.3) is 0 Å². The highest BCUT2D eigenvalue weighted by atomic mass is 16.5. The maximum absolute atomic E-state index is 13.3. The van der Waals surface area contributed by atoms with Crippen molar-refractivity contribution in [2.75, 3.05) is 7.11 Å². The Morgan fingerprint density at radius 3 is 1.97 bits per heavy atom. The zero-order valence-electron chi connectivity index (χ0n) is 19.7. The summed E-state index contributed by atoms with van der Waals surface area (Å²) in [7, 11) is 1.59. The van der Waals surface area contributed by atoms with Crippen molar-refractivity contribution in [1.82, 2.24) is 0 Å². The third kappa shape index (κ3) is 4.32. The van der Waals surface area contributed by atoms with E-state index in [1.165, 1.54) is 0 Å². The molecule has 31 heavy (non-hydrogen) atoms. The molecule has 2 aliphatic rings. The fourth-order valence-electron chi connectivity index (χ4n) is 5.31. The molecule has 168 valence electrons. The number of carbonyl (C=O) groups is 3. The molecular formula is C26H34O5. The van der Waals surface area contributed by atoms with Gasteiger partial charge in [-0.2, -0.15) is 0 Å². The van der Waals surface area contributed by atoms with Gasteiger partial charge in [0.1, 0.15) is 23.1 Å². The van der Waals surface area contributed by atoms with E-state index in [1.54, 1.807) is 13.2 Å². The second kappa shape index (κ2) is 7.92. The SMILES string of the molecule is COc1ccc(C(C2=C(O)CC(C)(C)CC2=O)C2C(=O)CC(C)(C)CC2=O)c(C)c1C. The topological polar surface area (TPSA) is 80.7 Å². The lowest BCUT2D eigenvalue weighted by molar-refractivity contribution is -0.140. The van der Waals surface area contributed by atoms with Gasteiger partial charge in [-0.15, -0.1) is 0 Å². The Morgan fingerprint density at radius 1 is 0.903 bits per heavy atom. The van der Waals surface area contributed by atoms with E-state index in [0.29, 0.717) is 12.2 Å². The van der Waals surface area contributed by atoms with E-state index in [0.717, 1.165) is 16.7 Å². The Kier molecular flexibility index (Phi) is 5.94. The van der Waals surface area contributed by atoms with Crippen LogP contribution in [-0.4, -0.2) is 29.6 Å². The van der Waals surface area contributed by atoms with Crippen LogP contribution in [0.25, 0.3) is 0 Å². The number of hydrogen-bond donors (Lipinski definition) is 1. The van der Waals surface area contributed by atoms with Crippen LogP contribution < -0.4 is 4.74 Å². The molecule has 1 N–H and O–H groups in total. The maximum Gasteiger partial charge on any atom is 0.163 e. The van der Waals surface area contributed by atoms with Gasteiger partial charge in [-0.3, -0.25) is 14.4 Å². The Morgan fingerprint density at radius 2 is 1.45 bits per heavy atom. The van der Waals surface area contributed by atoms with Crippen LogP contribution in [-0.2, 0) is 14.4 Å². The highest BCUT2D eigenvalue weighted by Gasteiger charge is 2.48. The van der Waals surface area contributed by atoms with Crippen molar-refractivity contribution in [3.8, 4) is 5.75 Å². The number of Topliss-reactive ketones (excluding diaryl/α,β-unsaturated/α-hetero) is 3. The summed E-state index contributed by atoms with van der Waals surface area (Å²) in [6.45, 7) is 11.5. The van der Waals surface area contributed by atoms with Gasteiger partial charge >= 0.3 is 0 Å². The lowest BCUT2D eigenvalue weighted by Gasteiger charge is -2.39. The number of rotatable bonds is 4. The van der Waals surface area contributed by atoms with Crippen LogP contribution in [0.5, 0.6) is 5.75 Å². The van der Waals surface area contributed by atoms with Gasteiger partial charge in [0, 0.05) is 37.2 Å². The number of carbonyl (C=O) groups excluding carboxylic acids is 3. The third-order valence-electron chi connectivity index (χ3n) is 6.87. The number of aliphatic hydroxyl groups is 1. The summed E-state index contributed by atoms with van der Waals surface area (Å²) in [5, 5.41) is 11.0. The molecule has 0 spiro atoms. The molecule has 1 atom stereocenters. The van der Waals surface area contributed by atoms with Crippen molar-refractivity contribution in [1.29, 1.82) is 0 Å². The van der Waals surface area contributed by atoms with Crippen molar-refractivity contribution in [3.63, 3.8) is 0 Å². The molecule has 0 radical (unpaired) electrons. The number of hydrogen-bond acceptors (Lipinski definition) is 5. The molecule has 1 aromatic carbocycles. The van der Waals surface area contributed by atoms with Gasteiger partial charge in [-0.1, -0.05) is 33.8 Å². The quantitative estimate of drug-likeness (QED) is 0.672. The molecule has 3 rings (SSSR count). The largest absolute Gasteiger partial charge is 0.512 e. The Hall–Kier alpha value is -2.43. The molecule has 0 aromatic heterocycles. The first-order chi connectivity index (χ1) is 14.3. The average Bonchev–Trinajstić information content (AvgIpc) is 2.59. The number of methoxy groups -OCH3 is 1. The molecule has 1 fully saturated rings. The summed E-state index contributed by atoms with van der Waals surface area (Å²) >= 11 is 0. The van der Waals surface area contributed by atoms with Gasteiger partial charge in [-0.05, 0) is 47.4 Å². The van der Waals surface area contributed by atoms with E-state index in [2.05, 4.69) is 0 Å². The maximum atomic E-state index is 13.3. The van der Waals surface area contributed by atoms with Crippen molar-refractivity contribution in [2.24, 2.45) is 16.7 Å². The summed E-state index contributed by atoms with van der Waals surface area (Å²) in [4.78, 5) is 39.8. The molecule has 1 aromatic rings. The highest BCUT2D eigenvalue weighted by molar-refractivity contribution is 6.09. The first-order valence-electron chi connectivity index (χ1n) is 10.9. The molecule has 5 nitrogen and oxygen atoms in total. The molecule has 0 bridgehead atoms. The van der Waals surface area contributed by atoms with E-state index >= 15 is 0 Å². The standard InChI is InChI=1S/C26H34O5/c1-14-15(2)21(31-7)9-8-16(14)22(23-17(27)10-25(3,4)11-18(23)28)24-19(29)12-26(5,6)13-20(24)30/h8-9,22-23,29H,10-13H2,1-7H3. The van der Waals surface area contributed by atoms with Crippen molar-refractivity contribution in [2.45, 2.75) is 73.1 Å². The van der Waals surface area contributed by atoms with Crippen molar-refractivity contribution >= 4 is 17.3 Å². The van der Waals surface area contributed by atoms with Gasteiger partial charge in [0.05, 0.1) is 13.0 Å². The van der Waals surface area contributed by atoms with Crippen LogP contribution in [0.15, 0.2) is 23.5 Å². The predicted octanol–water partition coefficient (Wildman–Crippen LogP) is 5.17. The molecule has 2 aliphatic carbocycles. The van der Waals surface area contributed by atoms with Crippen LogP contribution >= 0.6 is 0 Å². The number of allylic oxidation sites excluding steroid dienone is 2. The molecule has 0 amide bonds. The molecule has 5 heteroatoms. The normalized spacial score (nSPS) is 22.6. The van der Waals surface area contributed by atoms with Crippen LogP contribution in [0.3, 0.4) is 0 Å². The van der Waals surface area contributed by atoms with Gasteiger partial charge in [0.15, 0.2) is 5.78 Å². The van der Waals surface area contributed by atoms with Gasteiger partial charge < -0.3 is 9.84 Å². The number of aliphatic hydroxyl groups excluding tert-OH is 1. The summed E-state index contributed by atoms with van der Waals surface area (Å²) < 4.78 is 5.43. The fourth-order valence-corrected chi connectivity index (χ4v) is 5.31. The van der Waals surface area contributed by atoms with Crippen LogP contribution in [0.1, 0.15) is 76.0 Å². The van der Waals surface area contributed by atoms with Gasteiger partial charge in [-0.25, -0.2) is 0 Å². The molecule has 0 heterocycles. The zero-order valence-corrected chi connectivity index (χ0v) is 19.7. The lowest BCUT2D eigenvalue weighted by atomic mass is 9.62. The number of ketones is 3. The summed E-state index contributed by atoms with van der Waals surface area (Å²) in [5.74, 6) is -1.52. The lowest BCUT2D eigenvalue weighted by Crippen LogP contribution is -2.43. The monoisotopic (exact) mass is 426 g/mol. The molecule has 0 aliphatic heterocycles. The van der Waals surface area contributed by atoms with Crippen LogP contribution in [0.2, 0.25) is 0 Å². The Balaban J connectivity index is 2.24. The summed E-state index contributed by atoms with van der Waals surface area (Å²) in [5.41, 5.74) is 1.98. The predicted molar refractivity (Wildman–Crippen MR) is 119 cm³/mol. The van der Waals surface area contributed by atoms with Crippen molar-refractivity contribution in [3.05, 3.63) is 40.2 Å². The first-order valence-corrected chi connectivity index (χ1v) is 10.9. The first kappa shape index (κ1) is 23.2. The van der Waals surface area contributed by atoms with Gasteiger partial charge in [0.2, 0.25) is 0 Å². The highest BCUT2D eigenvalue weighted by Crippen LogP contribution is 2.48. The minimum absolute atomic E-state index is 0.00422. The summed E-state index contributed by atoms with van der Waals surface area (Å²) in [6.07, 6.45) is 1.18. The Bertz CT molecular complexity index is 960. The van der Waals surface area contributed by atoms with Crippen LogP contribution in [0.4, 0.5) is 0 Å². The second-order valence-electron chi connectivity index (χ2n) is 10.8. The third-order valence-corrected chi connectivity index (χ3v) is 6.87. The van der Waals surface area contributed by atoms with E-state index in [9.17, 15) is 19.5 Å². The Labute approximate surface area is 184 Å². The number of ether oxygens (including phenoxy) is 1. The molecule has 0 saturated heterocycles. The van der Waals surface area contributed by atoms with E-state index in [4.69, 9.17) is 4.74 Å².